The van der Waals surface area contributed by atoms with Gasteiger partial charge in [0.15, 0.2) is 0 Å². The molecule has 1 rings (SSSR count). The molecule has 0 aliphatic carbocycles. The molecule has 6 heteroatoms. The summed E-state index contributed by atoms with van der Waals surface area (Å²) in [5.74, 6) is -0.634. The van der Waals surface area contributed by atoms with Crippen LogP contribution in [0.2, 0.25) is 0 Å². The molecule has 5 nitrogen and oxygen atoms in total. The quantitative estimate of drug-likeness (QED) is 0.778. The van der Waals surface area contributed by atoms with E-state index in [0.29, 0.717) is 28.8 Å². The van der Waals surface area contributed by atoms with E-state index in [0.717, 1.165) is 6.42 Å². The second-order valence-corrected chi connectivity index (χ2v) is 5.15. The van der Waals surface area contributed by atoms with Crippen LogP contribution in [-0.4, -0.2) is 24.5 Å². The molecule has 20 heavy (non-hydrogen) atoms. The maximum atomic E-state index is 11.8. The number of esters is 1. The number of amides is 1. The number of nitrogens with two attached hydrogens (primary N) is 1. The van der Waals surface area contributed by atoms with Crippen LogP contribution in [-0.2, 0) is 9.53 Å². The molecular formula is C14H19BrN2O3. The number of carbonyl (C=O) groups is 2. The van der Waals surface area contributed by atoms with Gasteiger partial charge in [0, 0.05) is 4.47 Å². The number of ether oxygens (including phenoxy) is 1. The van der Waals surface area contributed by atoms with Crippen LogP contribution in [0.5, 0.6) is 0 Å². The van der Waals surface area contributed by atoms with Crippen LogP contribution >= 0.6 is 15.9 Å². The van der Waals surface area contributed by atoms with Gasteiger partial charge < -0.3 is 15.8 Å². The van der Waals surface area contributed by atoms with Crippen molar-refractivity contribution in [3.8, 4) is 0 Å². The van der Waals surface area contributed by atoms with E-state index in [2.05, 4.69) is 21.2 Å². The standard InChI is InChI=1S/C14H19BrN2O3/c1-3-5-11(16)13(18)17-12-7-6-9(8-10(12)15)14(19)20-4-2/h6-8,11H,3-5,16H2,1-2H3,(H,17,18). The summed E-state index contributed by atoms with van der Waals surface area (Å²) < 4.78 is 5.52. The fraction of sp³-hybridized carbons (Fsp3) is 0.429. The predicted octanol–water partition coefficient (Wildman–Crippen LogP) is 2.69. The Kier molecular flexibility index (Phi) is 6.67. The minimum atomic E-state index is -0.531. The van der Waals surface area contributed by atoms with Gasteiger partial charge in [0.2, 0.25) is 5.91 Å². The molecule has 0 saturated carbocycles. The Labute approximate surface area is 127 Å². The normalized spacial score (nSPS) is 11.8. The van der Waals surface area contributed by atoms with Crippen molar-refractivity contribution < 1.29 is 14.3 Å². The second-order valence-electron chi connectivity index (χ2n) is 4.30. The van der Waals surface area contributed by atoms with Gasteiger partial charge in [-0.3, -0.25) is 4.79 Å². The third kappa shape index (κ3) is 4.61. The summed E-state index contributed by atoms with van der Waals surface area (Å²) in [5, 5.41) is 2.73. The Morgan fingerprint density at radius 3 is 2.65 bits per heavy atom. The van der Waals surface area contributed by atoms with Gasteiger partial charge in [0.05, 0.1) is 23.9 Å². The molecule has 1 unspecified atom stereocenters. The lowest BCUT2D eigenvalue weighted by Gasteiger charge is -2.13. The average molecular weight is 343 g/mol. The van der Waals surface area contributed by atoms with Crippen molar-refractivity contribution in [3.05, 3.63) is 28.2 Å². The molecule has 0 bridgehead atoms. The van der Waals surface area contributed by atoms with Crippen molar-refractivity contribution in [2.24, 2.45) is 5.73 Å². The minimum absolute atomic E-state index is 0.239. The first-order valence-electron chi connectivity index (χ1n) is 6.52. The first kappa shape index (κ1) is 16.7. The fourth-order valence-corrected chi connectivity index (χ4v) is 2.10. The first-order chi connectivity index (χ1) is 9.49. The lowest BCUT2D eigenvalue weighted by Crippen LogP contribution is -2.35. The van der Waals surface area contributed by atoms with Crippen LogP contribution in [0.4, 0.5) is 5.69 Å². The van der Waals surface area contributed by atoms with Crippen molar-refractivity contribution in [1.82, 2.24) is 0 Å². The molecule has 1 atom stereocenters. The minimum Gasteiger partial charge on any atom is -0.462 e. The van der Waals surface area contributed by atoms with Crippen molar-refractivity contribution in [3.63, 3.8) is 0 Å². The van der Waals surface area contributed by atoms with E-state index < -0.39 is 12.0 Å². The van der Waals surface area contributed by atoms with Gasteiger partial charge in [-0.15, -0.1) is 0 Å². The molecule has 1 aromatic rings. The van der Waals surface area contributed by atoms with Crippen LogP contribution < -0.4 is 11.1 Å². The number of nitrogens with one attached hydrogen (secondary N) is 1. The summed E-state index contributed by atoms with van der Waals surface area (Å²) in [5.41, 5.74) is 6.75. The number of hydrogen-bond donors (Lipinski definition) is 2. The Balaban J connectivity index is 2.78. The number of hydrogen-bond acceptors (Lipinski definition) is 4. The number of anilines is 1. The molecule has 110 valence electrons. The molecule has 0 aliphatic heterocycles. The number of benzene rings is 1. The Morgan fingerprint density at radius 2 is 2.10 bits per heavy atom. The summed E-state index contributed by atoms with van der Waals surface area (Å²) >= 11 is 3.32. The van der Waals surface area contributed by atoms with Crippen LogP contribution in [0.15, 0.2) is 22.7 Å². The smallest absolute Gasteiger partial charge is 0.338 e. The van der Waals surface area contributed by atoms with Crippen LogP contribution in [0.3, 0.4) is 0 Å². The zero-order chi connectivity index (χ0) is 15.1. The number of carbonyl (C=O) groups excluding carboxylic acids is 2. The summed E-state index contributed by atoms with van der Waals surface area (Å²) in [6.45, 7) is 4.04. The van der Waals surface area contributed by atoms with E-state index in [-0.39, 0.29) is 5.91 Å². The van der Waals surface area contributed by atoms with Crippen LogP contribution in [0.1, 0.15) is 37.0 Å². The summed E-state index contributed by atoms with van der Waals surface area (Å²) in [7, 11) is 0. The zero-order valence-corrected chi connectivity index (χ0v) is 13.2. The fourth-order valence-electron chi connectivity index (χ4n) is 1.63. The second kappa shape index (κ2) is 8.01. The van der Waals surface area contributed by atoms with Crippen LogP contribution in [0.25, 0.3) is 0 Å². The van der Waals surface area contributed by atoms with Gasteiger partial charge in [-0.2, -0.15) is 0 Å². The van der Waals surface area contributed by atoms with Crippen LogP contribution in [0, 0.1) is 0 Å². The van der Waals surface area contributed by atoms with Crippen molar-refractivity contribution in [2.75, 3.05) is 11.9 Å². The highest BCUT2D eigenvalue weighted by Gasteiger charge is 2.15. The zero-order valence-electron chi connectivity index (χ0n) is 11.6. The van der Waals surface area contributed by atoms with Gasteiger partial charge in [-0.1, -0.05) is 13.3 Å². The van der Waals surface area contributed by atoms with E-state index in [9.17, 15) is 9.59 Å². The lowest BCUT2D eigenvalue weighted by molar-refractivity contribution is -0.117. The molecular weight excluding hydrogens is 324 g/mol. The van der Waals surface area contributed by atoms with Gasteiger partial charge in [-0.25, -0.2) is 4.79 Å². The Bertz CT molecular complexity index is 491. The SMILES string of the molecule is CCCC(N)C(=O)Nc1ccc(C(=O)OCC)cc1Br. The van der Waals surface area contributed by atoms with Gasteiger partial charge >= 0.3 is 5.97 Å². The molecule has 3 N–H and O–H groups in total. The summed E-state index contributed by atoms with van der Waals surface area (Å²) in [4.78, 5) is 23.4. The van der Waals surface area contributed by atoms with E-state index in [1.807, 2.05) is 6.92 Å². The largest absolute Gasteiger partial charge is 0.462 e. The van der Waals surface area contributed by atoms with Crippen molar-refractivity contribution in [2.45, 2.75) is 32.7 Å². The first-order valence-corrected chi connectivity index (χ1v) is 7.32. The summed E-state index contributed by atoms with van der Waals surface area (Å²) in [6, 6.07) is 4.33. The maximum Gasteiger partial charge on any atom is 0.338 e. The third-order valence-electron chi connectivity index (χ3n) is 2.67. The van der Waals surface area contributed by atoms with E-state index in [4.69, 9.17) is 10.5 Å². The van der Waals surface area contributed by atoms with Crippen molar-refractivity contribution >= 4 is 33.5 Å². The Hall–Kier alpha value is -1.40. The number of halogens is 1. The monoisotopic (exact) mass is 342 g/mol. The lowest BCUT2D eigenvalue weighted by atomic mass is 10.1. The molecule has 0 spiro atoms. The predicted molar refractivity (Wildman–Crippen MR) is 81.6 cm³/mol. The van der Waals surface area contributed by atoms with E-state index >= 15 is 0 Å². The highest BCUT2D eigenvalue weighted by atomic mass is 79.9. The van der Waals surface area contributed by atoms with E-state index in [1.54, 1.807) is 25.1 Å². The van der Waals surface area contributed by atoms with Gasteiger partial charge in [-0.05, 0) is 47.5 Å². The van der Waals surface area contributed by atoms with Gasteiger partial charge in [0.1, 0.15) is 0 Å². The molecule has 1 amide bonds. The number of rotatable bonds is 6. The molecule has 0 aliphatic rings. The molecule has 0 fully saturated rings. The third-order valence-corrected chi connectivity index (χ3v) is 3.33. The molecule has 0 radical (unpaired) electrons. The average Bonchev–Trinajstić information content (AvgIpc) is 2.41. The molecule has 0 aromatic heterocycles. The van der Waals surface area contributed by atoms with Crippen molar-refractivity contribution in [1.29, 1.82) is 0 Å². The summed E-state index contributed by atoms with van der Waals surface area (Å²) in [6.07, 6.45) is 1.47. The van der Waals surface area contributed by atoms with E-state index in [1.165, 1.54) is 0 Å². The molecule has 0 saturated heterocycles. The maximum absolute atomic E-state index is 11.8. The highest BCUT2D eigenvalue weighted by molar-refractivity contribution is 9.10. The molecule has 1 aromatic carbocycles. The Morgan fingerprint density at radius 1 is 1.40 bits per heavy atom. The molecule has 0 heterocycles. The van der Waals surface area contributed by atoms with Gasteiger partial charge in [0.25, 0.3) is 0 Å². The topological polar surface area (TPSA) is 81.4 Å². The highest BCUT2D eigenvalue weighted by Crippen LogP contribution is 2.24.